The highest BCUT2D eigenvalue weighted by molar-refractivity contribution is 8.01. The van der Waals surface area contributed by atoms with Gasteiger partial charge in [0.25, 0.3) is 0 Å². The fourth-order valence-electron chi connectivity index (χ4n) is 7.63. The lowest BCUT2D eigenvalue weighted by Gasteiger charge is -2.28. The number of sulfone groups is 2. The van der Waals surface area contributed by atoms with Crippen LogP contribution in [0.15, 0.2) is 143 Å². The lowest BCUT2D eigenvalue weighted by Crippen LogP contribution is -2.18. The third-order valence-electron chi connectivity index (χ3n) is 11.5. The summed E-state index contributed by atoms with van der Waals surface area (Å²) in [6.07, 6.45) is 3.38. The molecule has 0 aliphatic rings. The summed E-state index contributed by atoms with van der Waals surface area (Å²) >= 11 is 0. The van der Waals surface area contributed by atoms with E-state index in [1.807, 2.05) is 107 Å². The summed E-state index contributed by atoms with van der Waals surface area (Å²) in [5, 5.41) is 22.3. The van der Waals surface area contributed by atoms with Crippen LogP contribution >= 0.6 is 0 Å². The first kappa shape index (κ1) is 52.9. The minimum absolute atomic E-state index is 0.180. The largest absolute Gasteiger partial charge is 0.507 e. The van der Waals surface area contributed by atoms with Crippen molar-refractivity contribution < 1.29 is 36.5 Å². The summed E-state index contributed by atoms with van der Waals surface area (Å²) in [6, 6.07) is 38.6. The number of phenolic OH excluding ortho intramolecular Hbond substituents is 2. The number of hydrogen-bond acceptors (Lipinski definition) is 8. The summed E-state index contributed by atoms with van der Waals surface area (Å²) in [6.45, 7) is 24.1. The monoisotopic (exact) mass is 956 g/mol. The molecular formula is C58H68O8S2. The number of aromatic hydroxyl groups is 2. The van der Waals surface area contributed by atoms with Gasteiger partial charge in [-0.15, -0.1) is 0 Å². The van der Waals surface area contributed by atoms with Gasteiger partial charge in [-0.05, 0) is 129 Å². The van der Waals surface area contributed by atoms with E-state index in [0.29, 0.717) is 44.9 Å². The summed E-state index contributed by atoms with van der Waals surface area (Å²) < 4.78 is 66.1. The van der Waals surface area contributed by atoms with E-state index in [1.54, 1.807) is 136 Å². The van der Waals surface area contributed by atoms with E-state index in [1.165, 1.54) is 0 Å². The topological polar surface area (TPSA) is 127 Å². The summed E-state index contributed by atoms with van der Waals surface area (Å²) in [4.78, 5) is 0.801. The highest BCUT2D eigenvalue weighted by atomic mass is 32.2. The van der Waals surface area contributed by atoms with Crippen molar-refractivity contribution in [1.82, 2.24) is 0 Å². The smallest absolute Gasteiger partial charge is 0.207 e. The van der Waals surface area contributed by atoms with Crippen molar-refractivity contribution in [1.29, 1.82) is 0 Å². The van der Waals surface area contributed by atoms with Crippen molar-refractivity contribution in [2.75, 3.05) is 14.2 Å². The minimum atomic E-state index is -3.86. The molecule has 10 heteroatoms. The van der Waals surface area contributed by atoms with E-state index in [2.05, 4.69) is 0 Å². The van der Waals surface area contributed by atoms with E-state index in [9.17, 15) is 27.0 Å². The van der Waals surface area contributed by atoms with Gasteiger partial charge in [-0.2, -0.15) is 0 Å². The van der Waals surface area contributed by atoms with Crippen LogP contribution in [0, 0.1) is 0 Å². The van der Waals surface area contributed by atoms with Crippen molar-refractivity contribution in [3.05, 3.63) is 178 Å². The SMILES string of the molecule is COc1ccc(/C=C(\c2cc(C(C)(C)C)c(O)c(C(C)(C)C)c2)S(=O)(=O)c2ccccc2)cc1.COc1ccc(/C=C(\c2cc(C(C)(C)C)c(O)c(C(C)(C)C)c2)S(=O)(=O)c2ccccc2)cc1. The second-order valence-electron chi connectivity index (χ2n) is 21.0. The molecule has 0 spiro atoms. The van der Waals surface area contributed by atoms with Crippen molar-refractivity contribution in [3.63, 3.8) is 0 Å². The van der Waals surface area contributed by atoms with Gasteiger partial charge >= 0.3 is 0 Å². The normalized spacial score (nSPS) is 13.1. The lowest BCUT2D eigenvalue weighted by atomic mass is 9.78. The summed E-state index contributed by atoms with van der Waals surface area (Å²) in [5.74, 6) is 1.81. The Bertz CT molecular complexity index is 2720. The molecule has 0 bridgehead atoms. The highest BCUT2D eigenvalue weighted by Gasteiger charge is 2.32. The van der Waals surface area contributed by atoms with Crippen LogP contribution in [0.4, 0.5) is 0 Å². The van der Waals surface area contributed by atoms with Crippen LogP contribution < -0.4 is 9.47 Å². The molecule has 0 aromatic heterocycles. The zero-order valence-electron chi connectivity index (χ0n) is 42.0. The van der Waals surface area contributed by atoms with E-state index in [0.717, 1.165) is 11.1 Å². The van der Waals surface area contributed by atoms with Crippen LogP contribution in [0.2, 0.25) is 0 Å². The molecule has 6 aromatic rings. The van der Waals surface area contributed by atoms with Crippen LogP contribution in [0.1, 0.15) is 128 Å². The third-order valence-corrected chi connectivity index (χ3v) is 15.2. The van der Waals surface area contributed by atoms with Gasteiger partial charge in [0.15, 0.2) is 0 Å². The fourth-order valence-corrected chi connectivity index (χ4v) is 10.6. The fraction of sp³-hybridized carbons (Fsp3) is 0.310. The molecule has 0 aliphatic heterocycles. The second-order valence-corrected chi connectivity index (χ2v) is 24.9. The number of benzene rings is 6. The highest BCUT2D eigenvalue weighted by Crippen LogP contribution is 2.45. The molecule has 360 valence electrons. The van der Waals surface area contributed by atoms with Crippen molar-refractivity contribution in [2.45, 2.75) is 115 Å². The molecule has 0 saturated carbocycles. The zero-order valence-corrected chi connectivity index (χ0v) is 43.6. The van der Waals surface area contributed by atoms with Crippen LogP contribution in [0.5, 0.6) is 23.0 Å². The van der Waals surface area contributed by atoms with E-state index in [4.69, 9.17) is 9.47 Å². The summed E-state index contributed by atoms with van der Waals surface area (Å²) in [5.41, 5.74) is 3.85. The minimum Gasteiger partial charge on any atom is -0.507 e. The van der Waals surface area contributed by atoms with Crippen LogP contribution in [0.3, 0.4) is 0 Å². The first-order valence-electron chi connectivity index (χ1n) is 22.6. The average molecular weight is 957 g/mol. The van der Waals surface area contributed by atoms with Gasteiger partial charge in [0.1, 0.15) is 23.0 Å². The van der Waals surface area contributed by atoms with Gasteiger partial charge in [-0.3, -0.25) is 0 Å². The Morgan fingerprint density at radius 1 is 0.412 bits per heavy atom. The van der Waals surface area contributed by atoms with Crippen molar-refractivity contribution in [2.24, 2.45) is 0 Å². The predicted octanol–water partition coefficient (Wildman–Crippen LogP) is 13.9. The molecule has 6 aromatic carbocycles. The van der Waals surface area contributed by atoms with Gasteiger partial charge in [0, 0.05) is 22.3 Å². The standard InChI is InChI=1S/2C29H34O4S/c2*1-28(2,3)24-18-21(19-25(27(24)30)29(4,5)6)26(17-20-13-15-22(33-7)16-14-20)34(31,32)23-11-9-8-10-12-23/h2*8-19,30H,1-7H3/b2*26-17+. The molecule has 0 radical (unpaired) electrons. The number of hydrogen-bond donors (Lipinski definition) is 2. The van der Waals surface area contributed by atoms with E-state index >= 15 is 0 Å². The van der Waals surface area contributed by atoms with E-state index < -0.39 is 19.7 Å². The molecule has 0 saturated heterocycles. The van der Waals surface area contributed by atoms with E-state index in [-0.39, 0.29) is 52.8 Å². The Hall–Kier alpha value is -6.10. The van der Waals surface area contributed by atoms with Crippen LogP contribution in [-0.2, 0) is 41.3 Å². The van der Waals surface area contributed by atoms with Crippen molar-refractivity contribution in [3.8, 4) is 23.0 Å². The van der Waals surface area contributed by atoms with Gasteiger partial charge in [0.05, 0.1) is 33.8 Å². The van der Waals surface area contributed by atoms with Gasteiger partial charge in [0.2, 0.25) is 19.7 Å². The van der Waals surface area contributed by atoms with Gasteiger partial charge in [-0.25, -0.2) is 16.8 Å². The Kier molecular flexibility index (Phi) is 15.7. The maximum atomic E-state index is 13.9. The molecule has 6 rings (SSSR count). The summed E-state index contributed by atoms with van der Waals surface area (Å²) in [7, 11) is -4.53. The van der Waals surface area contributed by atoms with Crippen molar-refractivity contribution >= 4 is 41.6 Å². The van der Waals surface area contributed by atoms with Crippen LogP contribution in [-0.4, -0.2) is 41.3 Å². The third kappa shape index (κ3) is 12.3. The average Bonchev–Trinajstić information content (AvgIpc) is 3.27. The molecule has 0 unspecified atom stereocenters. The quantitative estimate of drug-likeness (QED) is 0.130. The number of rotatable bonds is 10. The Labute approximate surface area is 405 Å². The molecule has 8 nitrogen and oxygen atoms in total. The Morgan fingerprint density at radius 3 is 0.882 bits per heavy atom. The van der Waals surface area contributed by atoms with Gasteiger partial charge in [-0.1, -0.05) is 144 Å². The first-order chi connectivity index (χ1) is 31.5. The molecule has 0 amide bonds. The van der Waals surface area contributed by atoms with Gasteiger partial charge < -0.3 is 19.7 Å². The number of methoxy groups -OCH3 is 2. The molecule has 0 aliphatic carbocycles. The maximum absolute atomic E-state index is 13.9. The number of ether oxygens (including phenoxy) is 2. The zero-order chi connectivity index (χ0) is 50.6. The molecule has 0 fully saturated rings. The molecular weight excluding hydrogens is 889 g/mol. The second kappa shape index (κ2) is 20.2. The predicted molar refractivity (Wildman–Crippen MR) is 280 cm³/mol. The molecule has 0 heterocycles. The Morgan fingerprint density at radius 2 is 0.662 bits per heavy atom. The maximum Gasteiger partial charge on any atom is 0.207 e. The first-order valence-corrected chi connectivity index (χ1v) is 25.5. The van der Waals surface area contributed by atoms with Crippen LogP contribution in [0.25, 0.3) is 22.0 Å². The molecule has 0 atom stereocenters. The molecule has 68 heavy (non-hydrogen) atoms. The lowest BCUT2D eigenvalue weighted by molar-refractivity contribution is 0.414. The Balaban J connectivity index is 0.000000254. The number of phenols is 2. The molecule has 2 N–H and O–H groups in total.